The molecule has 0 radical (unpaired) electrons. The maximum atomic E-state index is 4.99. The number of benzene rings is 1. The maximum Gasteiger partial charge on any atom is 0.0926 e. The average Bonchev–Trinajstić information content (AvgIpc) is 2.74. The minimum absolute atomic E-state index is 0.299. The fourth-order valence-corrected chi connectivity index (χ4v) is 3.64. The molecule has 2 aliphatic rings. The highest BCUT2D eigenvalue weighted by Crippen LogP contribution is 2.32. The van der Waals surface area contributed by atoms with Gasteiger partial charge in [0.05, 0.1) is 28.5 Å². The Hall–Kier alpha value is -3.33. The molecule has 1 unspecified atom stereocenters. The summed E-state index contributed by atoms with van der Waals surface area (Å²) in [5.41, 5.74) is 8.15. The molecular formula is C24H19N3. The lowest BCUT2D eigenvalue weighted by Crippen LogP contribution is -2.22. The van der Waals surface area contributed by atoms with E-state index in [9.17, 15) is 0 Å². The zero-order valence-corrected chi connectivity index (χ0v) is 15.1. The summed E-state index contributed by atoms with van der Waals surface area (Å²) in [6.07, 6.45) is 7.52. The number of rotatable bonds is 2. The zero-order chi connectivity index (χ0) is 18.2. The van der Waals surface area contributed by atoms with Gasteiger partial charge >= 0.3 is 0 Å². The van der Waals surface area contributed by atoms with E-state index >= 15 is 0 Å². The first kappa shape index (κ1) is 15.9. The van der Waals surface area contributed by atoms with E-state index in [0.29, 0.717) is 5.92 Å². The van der Waals surface area contributed by atoms with Crippen LogP contribution in [0.3, 0.4) is 0 Å². The van der Waals surface area contributed by atoms with Crippen LogP contribution < -0.4 is 0 Å². The van der Waals surface area contributed by atoms with Gasteiger partial charge in [0.2, 0.25) is 0 Å². The molecule has 3 heteroatoms. The van der Waals surface area contributed by atoms with E-state index in [-0.39, 0.29) is 0 Å². The van der Waals surface area contributed by atoms with E-state index in [4.69, 9.17) is 15.0 Å². The molecule has 0 N–H and O–H groups in total. The monoisotopic (exact) mass is 349 g/mol. The van der Waals surface area contributed by atoms with Crippen molar-refractivity contribution in [3.8, 4) is 11.3 Å². The molecule has 1 aliphatic carbocycles. The number of hydrogen-bond acceptors (Lipinski definition) is 3. The van der Waals surface area contributed by atoms with Gasteiger partial charge in [0.25, 0.3) is 0 Å². The maximum absolute atomic E-state index is 4.99. The topological polar surface area (TPSA) is 38.1 Å². The predicted octanol–water partition coefficient (Wildman–Crippen LogP) is 5.33. The molecule has 0 saturated carbocycles. The van der Waals surface area contributed by atoms with Crippen molar-refractivity contribution in [3.63, 3.8) is 0 Å². The second-order valence-corrected chi connectivity index (χ2v) is 6.95. The summed E-state index contributed by atoms with van der Waals surface area (Å²) in [4.78, 5) is 14.6. The number of aromatic nitrogens is 2. The summed E-state index contributed by atoms with van der Waals surface area (Å²) in [6, 6.07) is 20.6. The Labute approximate surface area is 158 Å². The summed E-state index contributed by atoms with van der Waals surface area (Å²) in [6.45, 7) is 2.03. The zero-order valence-electron chi connectivity index (χ0n) is 15.1. The Morgan fingerprint density at radius 2 is 1.70 bits per heavy atom. The van der Waals surface area contributed by atoms with Crippen molar-refractivity contribution in [1.82, 2.24) is 9.97 Å². The van der Waals surface area contributed by atoms with Crippen molar-refractivity contribution in [2.45, 2.75) is 13.3 Å². The molecule has 0 saturated heterocycles. The highest BCUT2D eigenvalue weighted by Gasteiger charge is 2.26. The standard InChI is InChI=1S/C24H19N3/c1-16-10-11-18-12-13-19-14-15-22(27-24(19)23(18)25-16)21-9-5-8-20(26-21)17-6-3-2-4-7-17/h2-13,15,19H,14H2,1H3. The molecule has 0 bridgehead atoms. The van der Waals surface area contributed by atoms with E-state index in [2.05, 4.69) is 48.6 Å². The summed E-state index contributed by atoms with van der Waals surface area (Å²) in [5, 5.41) is 0. The Morgan fingerprint density at radius 1 is 0.852 bits per heavy atom. The minimum atomic E-state index is 0.299. The highest BCUT2D eigenvalue weighted by molar-refractivity contribution is 6.09. The quantitative estimate of drug-likeness (QED) is 0.627. The number of pyridine rings is 2. The molecule has 5 rings (SSSR count). The van der Waals surface area contributed by atoms with E-state index in [0.717, 1.165) is 51.7 Å². The van der Waals surface area contributed by atoms with Crippen LogP contribution in [0.1, 0.15) is 29.1 Å². The normalized spacial score (nSPS) is 17.6. The third-order valence-corrected chi connectivity index (χ3v) is 5.05. The smallest absolute Gasteiger partial charge is 0.0926 e. The van der Waals surface area contributed by atoms with Gasteiger partial charge in [-0.25, -0.2) is 9.98 Å². The molecule has 0 fully saturated rings. The van der Waals surface area contributed by atoms with Crippen LogP contribution >= 0.6 is 0 Å². The van der Waals surface area contributed by atoms with Crippen LogP contribution in [0.15, 0.2) is 77.8 Å². The molecule has 27 heavy (non-hydrogen) atoms. The van der Waals surface area contributed by atoms with Crippen LogP contribution in [0.25, 0.3) is 23.0 Å². The number of nitrogens with zero attached hydrogens (tertiary/aromatic N) is 3. The summed E-state index contributed by atoms with van der Waals surface area (Å²) < 4.78 is 0. The van der Waals surface area contributed by atoms with Crippen LogP contribution in [-0.4, -0.2) is 15.7 Å². The van der Waals surface area contributed by atoms with Crippen molar-refractivity contribution in [1.29, 1.82) is 0 Å². The lowest BCUT2D eigenvalue weighted by atomic mass is 9.86. The lowest BCUT2D eigenvalue weighted by molar-refractivity contribution is 0.856. The van der Waals surface area contributed by atoms with Gasteiger partial charge in [0.1, 0.15) is 0 Å². The lowest BCUT2D eigenvalue weighted by Gasteiger charge is -2.24. The van der Waals surface area contributed by atoms with Crippen molar-refractivity contribution in [2.75, 3.05) is 0 Å². The van der Waals surface area contributed by atoms with Crippen LogP contribution in [0.2, 0.25) is 0 Å². The van der Waals surface area contributed by atoms with Gasteiger partial charge in [0, 0.05) is 22.7 Å². The number of aryl methyl sites for hydroxylation is 1. The van der Waals surface area contributed by atoms with E-state index in [1.165, 1.54) is 0 Å². The highest BCUT2D eigenvalue weighted by atomic mass is 14.9. The van der Waals surface area contributed by atoms with Crippen molar-refractivity contribution < 1.29 is 0 Å². The van der Waals surface area contributed by atoms with Gasteiger partial charge in [0.15, 0.2) is 0 Å². The number of aliphatic imine (C=N–C) groups is 1. The first-order valence-corrected chi connectivity index (χ1v) is 9.26. The Balaban J connectivity index is 1.56. The van der Waals surface area contributed by atoms with Gasteiger partial charge in [-0.05, 0) is 31.5 Å². The third kappa shape index (κ3) is 2.91. The molecule has 2 aromatic heterocycles. The van der Waals surface area contributed by atoms with E-state index in [1.807, 2.05) is 37.3 Å². The van der Waals surface area contributed by atoms with Gasteiger partial charge in [-0.3, -0.25) is 4.98 Å². The van der Waals surface area contributed by atoms with Crippen LogP contribution in [0.4, 0.5) is 0 Å². The van der Waals surface area contributed by atoms with Crippen LogP contribution in [0, 0.1) is 12.8 Å². The molecule has 3 nitrogen and oxygen atoms in total. The molecule has 0 amide bonds. The minimum Gasteiger partial charge on any atom is -0.251 e. The summed E-state index contributed by atoms with van der Waals surface area (Å²) >= 11 is 0. The molecule has 0 spiro atoms. The third-order valence-electron chi connectivity index (χ3n) is 5.05. The second-order valence-electron chi connectivity index (χ2n) is 6.95. The summed E-state index contributed by atoms with van der Waals surface area (Å²) in [5.74, 6) is 0.299. The molecular weight excluding hydrogens is 330 g/mol. The van der Waals surface area contributed by atoms with Gasteiger partial charge < -0.3 is 0 Å². The fourth-order valence-electron chi connectivity index (χ4n) is 3.64. The largest absolute Gasteiger partial charge is 0.251 e. The molecule has 3 heterocycles. The first-order chi connectivity index (χ1) is 13.3. The number of hydrogen-bond donors (Lipinski definition) is 0. The van der Waals surface area contributed by atoms with E-state index < -0.39 is 0 Å². The molecule has 1 aliphatic heterocycles. The Kier molecular flexibility index (Phi) is 3.79. The SMILES string of the molecule is Cc1ccc2c(n1)C1=NC(c3cccc(-c4ccccc4)n3)=CCC1C=C2. The van der Waals surface area contributed by atoms with Crippen molar-refractivity contribution >= 4 is 17.5 Å². The Bertz CT molecular complexity index is 1110. The fraction of sp³-hybridized carbons (Fsp3) is 0.125. The second kappa shape index (κ2) is 6.44. The first-order valence-electron chi connectivity index (χ1n) is 9.26. The average molecular weight is 349 g/mol. The molecule has 1 atom stereocenters. The summed E-state index contributed by atoms with van der Waals surface area (Å²) in [7, 11) is 0. The number of allylic oxidation sites excluding steroid dienone is 2. The molecule has 130 valence electrons. The van der Waals surface area contributed by atoms with Crippen molar-refractivity contribution in [2.24, 2.45) is 10.9 Å². The van der Waals surface area contributed by atoms with Gasteiger partial charge in [-0.2, -0.15) is 0 Å². The van der Waals surface area contributed by atoms with Crippen LogP contribution in [-0.2, 0) is 0 Å². The molecule has 1 aromatic carbocycles. The van der Waals surface area contributed by atoms with E-state index in [1.54, 1.807) is 0 Å². The van der Waals surface area contributed by atoms with Gasteiger partial charge in [-0.1, -0.05) is 60.7 Å². The van der Waals surface area contributed by atoms with Gasteiger partial charge in [-0.15, -0.1) is 0 Å². The molecule has 3 aromatic rings. The van der Waals surface area contributed by atoms with Crippen LogP contribution in [0.5, 0.6) is 0 Å². The predicted molar refractivity (Wildman–Crippen MR) is 110 cm³/mol. The Morgan fingerprint density at radius 3 is 2.59 bits per heavy atom. The number of fused-ring (bicyclic) bond motifs is 3. The van der Waals surface area contributed by atoms with Crippen molar-refractivity contribution in [3.05, 3.63) is 95.5 Å².